The summed E-state index contributed by atoms with van der Waals surface area (Å²) in [6, 6.07) is 7.63. The van der Waals surface area contributed by atoms with Crippen LogP contribution in [0.4, 0.5) is 0 Å². The zero-order valence-corrected chi connectivity index (χ0v) is 12.4. The van der Waals surface area contributed by atoms with Crippen molar-refractivity contribution in [2.45, 2.75) is 24.6 Å². The molecule has 2 unspecified atom stereocenters. The Morgan fingerprint density at radius 3 is 2.95 bits per heavy atom. The number of hydrogen-bond donors (Lipinski definition) is 3. The second-order valence-electron chi connectivity index (χ2n) is 4.71. The minimum absolute atomic E-state index is 0.0115. The number of thioether (sulfide) groups is 1. The van der Waals surface area contributed by atoms with Crippen molar-refractivity contribution in [1.82, 2.24) is 15.5 Å². The topological polar surface area (TPSA) is 78.0 Å². The summed E-state index contributed by atoms with van der Waals surface area (Å²) >= 11 is 1.55. The number of aliphatic hydroxyl groups is 1. The molecule has 1 aromatic carbocycles. The minimum Gasteiger partial charge on any atom is -0.395 e. The van der Waals surface area contributed by atoms with Crippen molar-refractivity contribution in [2.75, 3.05) is 12.9 Å². The van der Waals surface area contributed by atoms with E-state index >= 15 is 0 Å². The van der Waals surface area contributed by atoms with Crippen LogP contribution in [0.25, 0.3) is 10.9 Å². The standard InChI is InChI=1S/C14H19N3O2S/c1-9(13(8-18)20-2)15-14(19)7-12-10-5-3-4-6-11(10)16-17-12/h3-6,9,13,18H,7-8H2,1-2H3,(H,15,19)(H,16,17). The van der Waals surface area contributed by atoms with Crippen LogP contribution in [0.15, 0.2) is 24.3 Å². The lowest BCUT2D eigenvalue weighted by Crippen LogP contribution is -2.41. The maximum atomic E-state index is 12.1. The zero-order valence-electron chi connectivity index (χ0n) is 11.6. The summed E-state index contributed by atoms with van der Waals surface area (Å²) < 4.78 is 0. The highest BCUT2D eigenvalue weighted by Crippen LogP contribution is 2.16. The molecule has 0 saturated carbocycles. The lowest BCUT2D eigenvalue weighted by molar-refractivity contribution is -0.121. The van der Waals surface area contributed by atoms with Gasteiger partial charge in [0.1, 0.15) is 0 Å². The molecule has 3 N–H and O–H groups in total. The van der Waals surface area contributed by atoms with E-state index in [4.69, 9.17) is 0 Å². The first-order valence-electron chi connectivity index (χ1n) is 6.50. The van der Waals surface area contributed by atoms with E-state index in [0.29, 0.717) is 0 Å². The van der Waals surface area contributed by atoms with Gasteiger partial charge in [0.25, 0.3) is 0 Å². The molecule has 0 aliphatic heterocycles. The predicted octanol–water partition coefficient (Wildman–Crippen LogP) is 1.33. The van der Waals surface area contributed by atoms with Crippen molar-refractivity contribution in [3.05, 3.63) is 30.0 Å². The van der Waals surface area contributed by atoms with Crippen LogP contribution in [0.5, 0.6) is 0 Å². The molecular formula is C14H19N3O2S. The molecule has 20 heavy (non-hydrogen) atoms. The third kappa shape index (κ3) is 3.32. The van der Waals surface area contributed by atoms with E-state index in [9.17, 15) is 9.90 Å². The Labute approximate surface area is 122 Å². The van der Waals surface area contributed by atoms with Crippen LogP contribution in [0.2, 0.25) is 0 Å². The fraction of sp³-hybridized carbons (Fsp3) is 0.429. The number of rotatable bonds is 6. The second kappa shape index (κ2) is 6.76. The van der Waals surface area contributed by atoms with Crippen molar-refractivity contribution in [3.8, 4) is 0 Å². The SMILES string of the molecule is CSC(CO)C(C)NC(=O)Cc1[nH]nc2ccccc12. The number of hydrogen-bond acceptors (Lipinski definition) is 4. The fourth-order valence-corrected chi connectivity index (χ4v) is 2.77. The first-order valence-corrected chi connectivity index (χ1v) is 7.79. The first-order chi connectivity index (χ1) is 9.65. The van der Waals surface area contributed by atoms with E-state index < -0.39 is 0 Å². The Kier molecular flexibility index (Phi) is 5.03. The molecule has 6 heteroatoms. The summed E-state index contributed by atoms with van der Waals surface area (Å²) in [6.45, 7) is 1.95. The summed E-state index contributed by atoms with van der Waals surface area (Å²) in [4.78, 5) is 12.1. The molecule has 1 aromatic heterocycles. The van der Waals surface area contributed by atoms with Crippen molar-refractivity contribution in [2.24, 2.45) is 0 Å². The molecule has 0 aliphatic carbocycles. The molecule has 0 aliphatic rings. The van der Waals surface area contributed by atoms with E-state index in [1.807, 2.05) is 37.4 Å². The third-order valence-corrected chi connectivity index (χ3v) is 4.47. The molecule has 2 atom stereocenters. The molecule has 1 heterocycles. The predicted molar refractivity (Wildman–Crippen MR) is 81.8 cm³/mol. The van der Waals surface area contributed by atoms with Crippen LogP contribution in [-0.4, -0.2) is 45.4 Å². The number of aromatic nitrogens is 2. The number of carbonyl (C=O) groups is 1. The summed E-state index contributed by atoms with van der Waals surface area (Å²) in [6.07, 6.45) is 2.18. The van der Waals surface area contributed by atoms with Gasteiger partial charge in [-0.25, -0.2) is 0 Å². The van der Waals surface area contributed by atoms with Crippen molar-refractivity contribution >= 4 is 28.6 Å². The first kappa shape index (κ1) is 14.9. The number of H-pyrrole nitrogens is 1. The van der Waals surface area contributed by atoms with Crippen LogP contribution >= 0.6 is 11.8 Å². The highest BCUT2D eigenvalue weighted by molar-refractivity contribution is 7.99. The van der Waals surface area contributed by atoms with Crippen LogP contribution in [0, 0.1) is 0 Å². The Morgan fingerprint density at radius 2 is 2.25 bits per heavy atom. The van der Waals surface area contributed by atoms with Gasteiger partial charge < -0.3 is 10.4 Å². The van der Waals surface area contributed by atoms with Crippen LogP contribution < -0.4 is 5.32 Å². The molecule has 0 spiro atoms. The minimum atomic E-state index is -0.0725. The van der Waals surface area contributed by atoms with Crippen LogP contribution in [0.1, 0.15) is 12.6 Å². The highest BCUT2D eigenvalue weighted by Gasteiger charge is 2.18. The van der Waals surface area contributed by atoms with Gasteiger partial charge in [-0.15, -0.1) is 0 Å². The number of benzene rings is 1. The van der Waals surface area contributed by atoms with Crippen molar-refractivity contribution < 1.29 is 9.90 Å². The number of aliphatic hydroxyl groups excluding tert-OH is 1. The molecule has 0 radical (unpaired) electrons. The number of amides is 1. The van der Waals surface area contributed by atoms with Crippen molar-refractivity contribution in [1.29, 1.82) is 0 Å². The molecule has 2 rings (SSSR count). The van der Waals surface area contributed by atoms with E-state index in [-0.39, 0.29) is 30.2 Å². The maximum absolute atomic E-state index is 12.1. The largest absolute Gasteiger partial charge is 0.395 e. The molecule has 1 amide bonds. The Balaban J connectivity index is 2.01. The Hall–Kier alpha value is -1.53. The van der Waals surface area contributed by atoms with E-state index in [2.05, 4.69) is 15.5 Å². The Bertz CT molecular complexity index is 581. The number of aromatic amines is 1. The van der Waals surface area contributed by atoms with Gasteiger partial charge in [0.15, 0.2) is 0 Å². The number of nitrogens with zero attached hydrogens (tertiary/aromatic N) is 1. The molecule has 2 aromatic rings. The van der Waals surface area contributed by atoms with Gasteiger partial charge in [-0.05, 0) is 19.2 Å². The van der Waals surface area contributed by atoms with Gasteiger partial charge in [0, 0.05) is 16.7 Å². The smallest absolute Gasteiger partial charge is 0.226 e. The monoisotopic (exact) mass is 293 g/mol. The summed E-state index contributed by atoms with van der Waals surface area (Å²) in [5.41, 5.74) is 1.68. The molecule has 0 fully saturated rings. The molecule has 108 valence electrons. The van der Waals surface area contributed by atoms with Gasteiger partial charge in [-0.2, -0.15) is 16.9 Å². The number of para-hydroxylation sites is 1. The average Bonchev–Trinajstić information content (AvgIpc) is 2.83. The Morgan fingerprint density at radius 1 is 1.50 bits per heavy atom. The molecule has 5 nitrogen and oxygen atoms in total. The van der Waals surface area contributed by atoms with Gasteiger partial charge in [-0.3, -0.25) is 9.89 Å². The van der Waals surface area contributed by atoms with Crippen molar-refractivity contribution in [3.63, 3.8) is 0 Å². The van der Waals surface area contributed by atoms with Crippen LogP contribution in [0.3, 0.4) is 0 Å². The van der Waals surface area contributed by atoms with Gasteiger partial charge in [-0.1, -0.05) is 18.2 Å². The van der Waals surface area contributed by atoms with Gasteiger partial charge in [0.05, 0.1) is 24.2 Å². The lowest BCUT2D eigenvalue weighted by atomic mass is 10.1. The summed E-state index contributed by atoms with van der Waals surface area (Å²) in [5, 5.41) is 20.2. The quantitative estimate of drug-likeness (QED) is 0.751. The number of fused-ring (bicyclic) bond motifs is 1. The maximum Gasteiger partial charge on any atom is 0.226 e. The number of nitrogens with one attached hydrogen (secondary N) is 2. The second-order valence-corrected chi connectivity index (χ2v) is 5.79. The average molecular weight is 293 g/mol. The van der Waals surface area contributed by atoms with E-state index in [1.165, 1.54) is 0 Å². The van der Waals surface area contributed by atoms with E-state index in [1.54, 1.807) is 11.8 Å². The zero-order chi connectivity index (χ0) is 14.5. The van der Waals surface area contributed by atoms with E-state index in [0.717, 1.165) is 16.6 Å². The fourth-order valence-electron chi connectivity index (χ4n) is 2.14. The lowest BCUT2D eigenvalue weighted by Gasteiger charge is -2.21. The number of carbonyl (C=O) groups excluding carboxylic acids is 1. The molecule has 0 bridgehead atoms. The van der Waals surface area contributed by atoms with Crippen LogP contribution in [-0.2, 0) is 11.2 Å². The summed E-state index contributed by atoms with van der Waals surface area (Å²) in [5.74, 6) is -0.0700. The highest BCUT2D eigenvalue weighted by atomic mass is 32.2. The third-order valence-electron chi connectivity index (χ3n) is 3.31. The summed E-state index contributed by atoms with van der Waals surface area (Å²) in [7, 11) is 0. The van der Waals surface area contributed by atoms with Gasteiger partial charge >= 0.3 is 0 Å². The molecule has 0 saturated heterocycles. The normalized spacial score (nSPS) is 14.2. The molecular weight excluding hydrogens is 274 g/mol. The van der Waals surface area contributed by atoms with Gasteiger partial charge in [0.2, 0.25) is 5.91 Å².